The Balaban J connectivity index is 1.29. The van der Waals surface area contributed by atoms with E-state index in [9.17, 15) is 4.79 Å². The molecule has 7 heteroatoms. The van der Waals surface area contributed by atoms with Crippen molar-refractivity contribution in [3.8, 4) is 11.4 Å². The fourth-order valence-corrected chi connectivity index (χ4v) is 2.77. The van der Waals surface area contributed by atoms with Crippen LogP contribution in [-0.2, 0) is 6.42 Å². The summed E-state index contributed by atoms with van der Waals surface area (Å²) in [5.41, 5.74) is 2.67. The normalized spacial score (nSPS) is 15.3. The molecule has 126 valence electrons. The summed E-state index contributed by atoms with van der Waals surface area (Å²) in [6.45, 7) is 0.443. The summed E-state index contributed by atoms with van der Waals surface area (Å²) >= 11 is 0. The Labute approximate surface area is 144 Å². The molecule has 1 aromatic carbocycles. The number of rotatable bonds is 4. The number of ether oxygens (including phenoxy) is 1. The second-order valence-electron chi connectivity index (χ2n) is 5.77. The number of fused-ring (bicyclic) bond motifs is 1. The van der Waals surface area contributed by atoms with E-state index in [4.69, 9.17) is 4.74 Å². The van der Waals surface area contributed by atoms with Gasteiger partial charge < -0.3 is 15.4 Å². The number of anilines is 1. The first-order valence-electron chi connectivity index (χ1n) is 8.02. The van der Waals surface area contributed by atoms with Crippen molar-refractivity contribution in [1.29, 1.82) is 0 Å². The van der Waals surface area contributed by atoms with Gasteiger partial charge in [0.25, 0.3) is 0 Å². The van der Waals surface area contributed by atoms with Gasteiger partial charge in [-0.05, 0) is 23.8 Å². The van der Waals surface area contributed by atoms with E-state index in [-0.39, 0.29) is 12.1 Å². The van der Waals surface area contributed by atoms with E-state index >= 15 is 0 Å². The predicted octanol–water partition coefficient (Wildman–Crippen LogP) is 2.39. The molecular formula is C18H17N5O2. The molecule has 2 N–H and O–H groups in total. The molecule has 25 heavy (non-hydrogen) atoms. The first-order valence-corrected chi connectivity index (χ1v) is 8.02. The van der Waals surface area contributed by atoms with Gasteiger partial charge in [-0.1, -0.05) is 18.2 Å². The minimum atomic E-state index is -0.283. The zero-order valence-electron chi connectivity index (χ0n) is 13.4. The summed E-state index contributed by atoms with van der Waals surface area (Å²) in [5.74, 6) is 0.897. The lowest BCUT2D eigenvalue weighted by molar-refractivity contribution is 0.219. The zero-order valence-corrected chi connectivity index (χ0v) is 13.4. The van der Waals surface area contributed by atoms with Gasteiger partial charge in [-0.3, -0.25) is 4.98 Å². The molecule has 0 spiro atoms. The van der Waals surface area contributed by atoms with Crippen molar-refractivity contribution >= 4 is 11.7 Å². The SMILES string of the molecule is O=C(NC[C@H]1Cc2ccccc2O1)Nc1cnn(-c2ccncc2)c1. The van der Waals surface area contributed by atoms with Gasteiger partial charge >= 0.3 is 6.03 Å². The molecule has 0 aliphatic carbocycles. The van der Waals surface area contributed by atoms with E-state index in [2.05, 4.69) is 20.7 Å². The molecule has 3 heterocycles. The standard InChI is InChI=1S/C18H17N5O2/c24-18(20-11-16-9-13-3-1-2-4-17(13)25-16)22-14-10-21-23(12-14)15-5-7-19-8-6-15/h1-8,10,12,16H,9,11H2,(H2,20,22,24)/t16-/m1/s1. The van der Waals surface area contributed by atoms with Crippen LogP contribution in [0.1, 0.15) is 5.56 Å². The van der Waals surface area contributed by atoms with Crippen LogP contribution in [0.25, 0.3) is 5.69 Å². The molecule has 0 fully saturated rings. The van der Waals surface area contributed by atoms with Crippen molar-refractivity contribution in [3.05, 3.63) is 66.7 Å². The summed E-state index contributed by atoms with van der Waals surface area (Å²) in [6.07, 6.45) is 7.49. The fraction of sp³-hybridized carbons (Fsp3) is 0.167. The lowest BCUT2D eigenvalue weighted by Crippen LogP contribution is -2.37. The third kappa shape index (κ3) is 3.45. The molecule has 1 aliphatic rings. The lowest BCUT2D eigenvalue weighted by atomic mass is 10.1. The van der Waals surface area contributed by atoms with Crippen molar-refractivity contribution in [2.75, 3.05) is 11.9 Å². The molecule has 3 aromatic rings. The van der Waals surface area contributed by atoms with Gasteiger partial charge in [0, 0.05) is 18.8 Å². The molecule has 4 rings (SSSR count). The fourth-order valence-electron chi connectivity index (χ4n) is 2.77. The zero-order chi connectivity index (χ0) is 17.1. The van der Waals surface area contributed by atoms with Crippen LogP contribution in [0.5, 0.6) is 5.75 Å². The number of aromatic nitrogens is 3. The summed E-state index contributed by atoms with van der Waals surface area (Å²) in [6, 6.07) is 11.3. The van der Waals surface area contributed by atoms with E-state index in [1.54, 1.807) is 29.5 Å². The van der Waals surface area contributed by atoms with Crippen LogP contribution in [0.2, 0.25) is 0 Å². The number of nitrogens with one attached hydrogen (secondary N) is 2. The van der Waals surface area contributed by atoms with Crippen molar-refractivity contribution < 1.29 is 9.53 Å². The van der Waals surface area contributed by atoms with Crippen molar-refractivity contribution in [2.24, 2.45) is 0 Å². The van der Waals surface area contributed by atoms with Crippen LogP contribution in [0, 0.1) is 0 Å². The Morgan fingerprint density at radius 3 is 2.92 bits per heavy atom. The summed E-state index contributed by atoms with van der Waals surface area (Å²) in [4.78, 5) is 16.0. The van der Waals surface area contributed by atoms with Gasteiger partial charge in [0.2, 0.25) is 0 Å². The number of amides is 2. The number of hydrogen-bond acceptors (Lipinski definition) is 4. The highest BCUT2D eigenvalue weighted by molar-refractivity contribution is 5.88. The van der Waals surface area contributed by atoms with Crippen molar-refractivity contribution in [1.82, 2.24) is 20.1 Å². The third-order valence-corrected chi connectivity index (χ3v) is 3.97. The highest BCUT2D eigenvalue weighted by atomic mass is 16.5. The summed E-state index contributed by atoms with van der Waals surface area (Å²) in [5, 5.41) is 9.83. The van der Waals surface area contributed by atoms with Gasteiger partial charge in [0.1, 0.15) is 11.9 Å². The van der Waals surface area contributed by atoms with E-state index < -0.39 is 0 Å². The number of para-hydroxylation sites is 1. The second-order valence-corrected chi connectivity index (χ2v) is 5.77. The molecular weight excluding hydrogens is 318 g/mol. The highest BCUT2D eigenvalue weighted by Crippen LogP contribution is 2.27. The average molecular weight is 335 g/mol. The quantitative estimate of drug-likeness (QED) is 0.767. The number of nitrogens with zero attached hydrogens (tertiary/aromatic N) is 3. The summed E-state index contributed by atoms with van der Waals surface area (Å²) in [7, 11) is 0. The number of benzene rings is 1. The Hall–Kier alpha value is -3.35. The maximum absolute atomic E-state index is 12.1. The van der Waals surface area contributed by atoms with Crippen molar-refractivity contribution in [2.45, 2.75) is 12.5 Å². The van der Waals surface area contributed by atoms with Crippen LogP contribution >= 0.6 is 0 Å². The molecule has 0 saturated heterocycles. The van der Waals surface area contributed by atoms with Crippen LogP contribution in [0.15, 0.2) is 61.2 Å². The molecule has 2 amide bonds. The van der Waals surface area contributed by atoms with Crippen LogP contribution in [0.3, 0.4) is 0 Å². The van der Waals surface area contributed by atoms with E-state index in [1.807, 2.05) is 36.4 Å². The van der Waals surface area contributed by atoms with Gasteiger partial charge in [0.05, 0.1) is 30.3 Å². The molecule has 0 saturated carbocycles. The monoisotopic (exact) mass is 335 g/mol. The predicted molar refractivity (Wildman–Crippen MR) is 92.9 cm³/mol. The number of pyridine rings is 1. The average Bonchev–Trinajstić information content (AvgIpc) is 3.27. The summed E-state index contributed by atoms with van der Waals surface area (Å²) < 4.78 is 7.48. The molecule has 0 unspecified atom stereocenters. The molecule has 1 atom stereocenters. The smallest absolute Gasteiger partial charge is 0.319 e. The largest absolute Gasteiger partial charge is 0.488 e. The van der Waals surface area contributed by atoms with E-state index in [0.29, 0.717) is 12.2 Å². The maximum atomic E-state index is 12.1. The number of carbonyl (C=O) groups is 1. The molecule has 2 aromatic heterocycles. The Bertz CT molecular complexity index is 853. The Morgan fingerprint density at radius 1 is 1.24 bits per heavy atom. The van der Waals surface area contributed by atoms with E-state index in [1.165, 1.54) is 5.56 Å². The van der Waals surface area contributed by atoms with Crippen LogP contribution in [0.4, 0.5) is 10.5 Å². The number of hydrogen-bond donors (Lipinski definition) is 2. The first kappa shape index (κ1) is 15.2. The van der Waals surface area contributed by atoms with Crippen molar-refractivity contribution in [3.63, 3.8) is 0 Å². The van der Waals surface area contributed by atoms with Crippen LogP contribution in [-0.4, -0.2) is 33.4 Å². The third-order valence-electron chi connectivity index (χ3n) is 3.97. The van der Waals surface area contributed by atoms with Gasteiger partial charge in [-0.25, -0.2) is 9.48 Å². The molecule has 0 bridgehead atoms. The Kier molecular flexibility index (Phi) is 4.04. The maximum Gasteiger partial charge on any atom is 0.319 e. The second kappa shape index (κ2) is 6.64. The molecule has 7 nitrogen and oxygen atoms in total. The number of carbonyl (C=O) groups excluding carboxylic acids is 1. The minimum absolute atomic E-state index is 0.0392. The Morgan fingerprint density at radius 2 is 2.08 bits per heavy atom. The lowest BCUT2D eigenvalue weighted by Gasteiger charge is -2.12. The molecule has 0 radical (unpaired) electrons. The highest BCUT2D eigenvalue weighted by Gasteiger charge is 2.22. The van der Waals surface area contributed by atoms with Gasteiger partial charge in [-0.2, -0.15) is 5.10 Å². The number of urea groups is 1. The van der Waals surface area contributed by atoms with E-state index in [0.717, 1.165) is 17.9 Å². The first-order chi connectivity index (χ1) is 12.3. The van der Waals surface area contributed by atoms with Crippen LogP contribution < -0.4 is 15.4 Å². The van der Waals surface area contributed by atoms with Gasteiger partial charge in [-0.15, -0.1) is 0 Å². The van der Waals surface area contributed by atoms with Gasteiger partial charge in [0.15, 0.2) is 0 Å². The topological polar surface area (TPSA) is 81.1 Å². The molecule has 1 aliphatic heterocycles. The minimum Gasteiger partial charge on any atom is -0.488 e.